The average Bonchev–Trinajstić information content (AvgIpc) is 2.60. The van der Waals surface area contributed by atoms with Gasteiger partial charge in [-0.1, -0.05) is 6.92 Å². The fourth-order valence-electron chi connectivity index (χ4n) is 1.78. The van der Waals surface area contributed by atoms with Gasteiger partial charge in [0.1, 0.15) is 6.04 Å². The van der Waals surface area contributed by atoms with Crippen LogP contribution in [0.15, 0.2) is 0 Å². The summed E-state index contributed by atoms with van der Waals surface area (Å²) >= 11 is 0. The molecule has 2 N–H and O–H groups in total. The molecule has 1 heterocycles. The number of amides is 1. The molecule has 0 aromatic rings. The molecular formula is C10H18N2O3. The maximum atomic E-state index is 11.7. The van der Waals surface area contributed by atoms with E-state index in [-0.39, 0.29) is 11.8 Å². The summed E-state index contributed by atoms with van der Waals surface area (Å²) in [6, 6.07) is -0.747. The monoisotopic (exact) mass is 214 g/mol. The van der Waals surface area contributed by atoms with Crippen LogP contribution in [0.5, 0.6) is 0 Å². The number of rotatable bonds is 4. The normalized spacial score (nSPS) is 23.7. The van der Waals surface area contributed by atoms with Crippen LogP contribution in [0.1, 0.15) is 19.8 Å². The van der Waals surface area contributed by atoms with Crippen molar-refractivity contribution >= 4 is 11.9 Å². The highest BCUT2D eigenvalue weighted by molar-refractivity contribution is 5.85. The first-order chi connectivity index (χ1) is 7.04. The third-order valence-electron chi connectivity index (χ3n) is 2.78. The van der Waals surface area contributed by atoms with Crippen LogP contribution >= 0.6 is 0 Å². The van der Waals surface area contributed by atoms with Crippen molar-refractivity contribution in [3.8, 4) is 0 Å². The summed E-state index contributed by atoms with van der Waals surface area (Å²) < 4.78 is 0. The molecule has 1 amide bonds. The molecule has 0 aromatic carbocycles. The molecule has 0 bridgehead atoms. The number of hydrogen-bond donors (Lipinski definition) is 2. The van der Waals surface area contributed by atoms with E-state index in [0.29, 0.717) is 6.42 Å². The Morgan fingerprint density at radius 2 is 2.27 bits per heavy atom. The van der Waals surface area contributed by atoms with Gasteiger partial charge in [0.25, 0.3) is 0 Å². The number of carboxylic acids is 1. The SMILES string of the molecule is CC[C@@H](NC(=O)C1CCN(C)C1)C(=O)O. The predicted molar refractivity (Wildman–Crippen MR) is 55.5 cm³/mol. The van der Waals surface area contributed by atoms with Gasteiger partial charge in [-0.15, -0.1) is 0 Å². The summed E-state index contributed by atoms with van der Waals surface area (Å²) in [5, 5.41) is 11.4. The zero-order valence-electron chi connectivity index (χ0n) is 9.19. The molecule has 1 fully saturated rings. The fraction of sp³-hybridized carbons (Fsp3) is 0.800. The molecule has 0 saturated carbocycles. The number of likely N-dealkylation sites (tertiary alicyclic amines) is 1. The van der Waals surface area contributed by atoms with Gasteiger partial charge in [0.2, 0.25) is 5.91 Å². The summed E-state index contributed by atoms with van der Waals surface area (Å²) in [4.78, 5) is 24.5. The van der Waals surface area contributed by atoms with Crippen LogP contribution in [0.4, 0.5) is 0 Å². The van der Waals surface area contributed by atoms with Gasteiger partial charge >= 0.3 is 5.97 Å². The maximum absolute atomic E-state index is 11.7. The number of carboxylic acid groups (broad SMARTS) is 1. The minimum atomic E-state index is -0.961. The van der Waals surface area contributed by atoms with Crippen molar-refractivity contribution in [2.24, 2.45) is 5.92 Å². The molecule has 2 atom stereocenters. The molecule has 5 nitrogen and oxygen atoms in total. The van der Waals surface area contributed by atoms with E-state index >= 15 is 0 Å². The highest BCUT2D eigenvalue weighted by Gasteiger charge is 2.28. The van der Waals surface area contributed by atoms with E-state index < -0.39 is 12.0 Å². The van der Waals surface area contributed by atoms with Crippen molar-refractivity contribution in [1.29, 1.82) is 0 Å². The number of nitrogens with zero attached hydrogens (tertiary/aromatic N) is 1. The van der Waals surface area contributed by atoms with E-state index in [4.69, 9.17) is 5.11 Å². The molecule has 86 valence electrons. The minimum Gasteiger partial charge on any atom is -0.480 e. The number of nitrogens with one attached hydrogen (secondary N) is 1. The first kappa shape index (κ1) is 12.0. The van der Waals surface area contributed by atoms with Crippen LogP contribution in [-0.2, 0) is 9.59 Å². The largest absolute Gasteiger partial charge is 0.480 e. The molecule has 1 rings (SSSR count). The van der Waals surface area contributed by atoms with E-state index in [1.54, 1.807) is 6.92 Å². The van der Waals surface area contributed by atoms with Gasteiger partial charge < -0.3 is 15.3 Å². The summed E-state index contributed by atoms with van der Waals surface area (Å²) in [5.74, 6) is -1.14. The Balaban J connectivity index is 2.44. The smallest absolute Gasteiger partial charge is 0.326 e. The van der Waals surface area contributed by atoms with Crippen molar-refractivity contribution in [2.75, 3.05) is 20.1 Å². The second-order valence-corrected chi connectivity index (χ2v) is 4.06. The Bertz CT molecular complexity index is 255. The molecule has 1 saturated heterocycles. The second kappa shape index (κ2) is 5.11. The van der Waals surface area contributed by atoms with E-state index in [9.17, 15) is 9.59 Å². The van der Waals surface area contributed by atoms with Crippen molar-refractivity contribution in [3.63, 3.8) is 0 Å². The lowest BCUT2D eigenvalue weighted by Gasteiger charge is -2.15. The zero-order chi connectivity index (χ0) is 11.4. The Hall–Kier alpha value is -1.10. The maximum Gasteiger partial charge on any atom is 0.326 e. The molecule has 15 heavy (non-hydrogen) atoms. The number of hydrogen-bond acceptors (Lipinski definition) is 3. The Labute approximate surface area is 89.4 Å². The highest BCUT2D eigenvalue weighted by atomic mass is 16.4. The average molecular weight is 214 g/mol. The van der Waals surface area contributed by atoms with Crippen LogP contribution in [-0.4, -0.2) is 48.1 Å². The lowest BCUT2D eigenvalue weighted by atomic mass is 10.1. The van der Waals surface area contributed by atoms with E-state index in [0.717, 1.165) is 19.5 Å². The lowest BCUT2D eigenvalue weighted by Crippen LogP contribution is -2.43. The summed E-state index contributed by atoms with van der Waals surface area (Å²) in [7, 11) is 1.96. The predicted octanol–water partition coefficient (Wildman–Crippen LogP) is -0.0825. The molecule has 1 aliphatic rings. The van der Waals surface area contributed by atoms with Crippen LogP contribution < -0.4 is 5.32 Å². The summed E-state index contributed by atoms with van der Waals surface area (Å²) in [6.45, 7) is 3.38. The van der Waals surface area contributed by atoms with Crippen LogP contribution in [0.3, 0.4) is 0 Å². The van der Waals surface area contributed by atoms with Crippen molar-refractivity contribution in [3.05, 3.63) is 0 Å². The van der Waals surface area contributed by atoms with Gasteiger partial charge in [0.15, 0.2) is 0 Å². The van der Waals surface area contributed by atoms with Crippen molar-refractivity contribution < 1.29 is 14.7 Å². The molecule has 0 aliphatic carbocycles. The van der Waals surface area contributed by atoms with Crippen molar-refractivity contribution in [1.82, 2.24) is 10.2 Å². The highest BCUT2D eigenvalue weighted by Crippen LogP contribution is 2.14. The molecule has 1 unspecified atom stereocenters. The van der Waals surface area contributed by atoms with Crippen LogP contribution in [0.25, 0.3) is 0 Å². The van der Waals surface area contributed by atoms with Crippen LogP contribution in [0.2, 0.25) is 0 Å². The topological polar surface area (TPSA) is 69.6 Å². The van der Waals surface area contributed by atoms with Gasteiger partial charge in [-0.2, -0.15) is 0 Å². The molecule has 5 heteroatoms. The molecule has 0 aromatic heterocycles. The van der Waals surface area contributed by atoms with Gasteiger partial charge in [-0.05, 0) is 26.4 Å². The summed E-state index contributed by atoms with van der Waals surface area (Å²) in [6.07, 6.45) is 1.24. The van der Waals surface area contributed by atoms with Crippen molar-refractivity contribution in [2.45, 2.75) is 25.8 Å². The van der Waals surface area contributed by atoms with Gasteiger partial charge in [-0.3, -0.25) is 4.79 Å². The Morgan fingerprint density at radius 3 is 2.67 bits per heavy atom. The first-order valence-corrected chi connectivity index (χ1v) is 5.26. The lowest BCUT2D eigenvalue weighted by molar-refractivity contribution is -0.142. The molecular weight excluding hydrogens is 196 g/mol. The van der Waals surface area contributed by atoms with E-state index in [1.165, 1.54) is 0 Å². The second-order valence-electron chi connectivity index (χ2n) is 4.06. The third kappa shape index (κ3) is 3.20. The summed E-state index contributed by atoms with van der Waals surface area (Å²) in [5.41, 5.74) is 0. The van der Waals surface area contributed by atoms with Gasteiger partial charge in [-0.25, -0.2) is 4.79 Å². The number of aliphatic carboxylic acids is 1. The molecule has 0 spiro atoms. The molecule has 0 radical (unpaired) electrons. The van der Waals surface area contributed by atoms with Crippen LogP contribution in [0, 0.1) is 5.92 Å². The Morgan fingerprint density at radius 1 is 1.60 bits per heavy atom. The zero-order valence-corrected chi connectivity index (χ0v) is 9.19. The fourth-order valence-corrected chi connectivity index (χ4v) is 1.78. The third-order valence-corrected chi connectivity index (χ3v) is 2.78. The first-order valence-electron chi connectivity index (χ1n) is 5.26. The van der Waals surface area contributed by atoms with Gasteiger partial charge in [0, 0.05) is 6.54 Å². The molecule has 1 aliphatic heterocycles. The number of carbonyl (C=O) groups excluding carboxylic acids is 1. The standard InChI is InChI=1S/C10H18N2O3/c1-3-8(10(14)15)11-9(13)7-4-5-12(2)6-7/h7-8H,3-6H2,1-2H3,(H,11,13)(H,14,15)/t7?,8-/m1/s1. The quantitative estimate of drug-likeness (QED) is 0.686. The minimum absolute atomic E-state index is 0.0524. The van der Waals surface area contributed by atoms with E-state index in [2.05, 4.69) is 10.2 Å². The van der Waals surface area contributed by atoms with Gasteiger partial charge in [0.05, 0.1) is 5.92 Å². The Kier molecular flexibility index (Phi) is 4.08. The van der Waals surface area contributed by atoms with E-state index in [1.807, 2.05) is 7.05 Å². The number of carbonyl (C=O) groups is 2.